The molecule has 0 saturated carbocycles. The molecule has 0 fully saturated rings. The Morgan fingerprint density at radius 3 is 2.44 bits per heavy atom. The third kappa shape index (κ3) is 3.01. The van der Waals surface area contributed by atoms with E-state index in [-0.39, 0.29) is 0 Å². The van der Waals surface area contributed by atoms with E-state index in [0.717, 1.165) is 13.1 Å². The van der Waals surface area contributed by atoms with E-state index in [2.05, 4.69) is 61.1 Å². The molecule has 0 radical (unpaired) electrons. The lowest BCUT2D eigenvalue weighted by molar-refractivity contribution is 0.729. The van der Waals surface area contributed by atoms with Crippen LogP contribution in [-0.2, 0) is 6.54 Å². The summed E-state index contributed by atoms with van der Waals surface area (Å²) in [4.78, 5) is 0. The van der Waals surface area contributed by atoms with Crippen molar-refractivity contribution in [3.05, 3.63) is 46.2 Å². The molecule has 0 aliphatic rings. The summed E-state index contributed by atoms with van der Waals surface area (Å²) in [6.45, 7) is 8.58. The van der Waals surface area contributed by atoms with Crippen LogP contribution in [0.25, 0.3) is 11.1 Å². The van der Waals surface area contributed by atoms with E-state index in [1.807, 2.05) is 0 Å². The summed E-state index contributed by atoms with van der Waals surface area (Å²) in [5, 5.41) is 7.89. The van der Waals surface area contributed by atoms with Gasteiger partial charge in [-0.2, -0.15) is 11.3 Å². The number of hydrogen-bond donors (Lipinski definition) is 1. The second-order valence-corrected chi connectivity index (χ2v) is 5.61. The summed E-state index contributed by atoms with van der Waals surface area (Å²) in [5.74, 6) is 0.600. The van der Waals surface area contributed by atoms with Gasteiger partial charge < -0.3 is 5.32 Å². The Morgan fingerprint density at radius 2 is 1.83 bits per heavy atom. The average molecular weight is 259 g/mol. The van der Waals surface area contributed by atoms with E-state index in [4.69, 9.17) is 0 Å². The summed E-state index contributed by atoms with van der Waals surface area (Å²) in [6, 6.07) is 8.98. The molecule has 0 aliphatic heterocycles. The van der Waals surface area contributed by atoms with Gasteiger partial charge in [0, 0.05) is 6.54 Å². The van der Waals surface area contributed by atoms with Crippen molar-refractivity contribution >= 4 is 11.3 Å². The van der Waals surface area contributed by atoms with E-state index in [9.17, 15) is 0 Å². The number of benzene rings is 1. The van der Waals surface area contributed by atoms with Gasteiger partial charge in [-0.05, 0) is 45.5 Å². The minimum absolute atomic E-state index is 0.600. The predicted octanol–water partition coefficient (Wildman–Crippen LogP) is 4.65. The molecule has 18 heavy (non-hydrogen) atoms. The third-order valence-electron chi connectivity index (χ3n) is 3.20. The lowest BCUT2D eigenvalue weighted by Crippen LogP contribution is -2.11. The van der Waals surface area contributed by atoms with E-state index in [1.165, 1.54) is 22.3 Å². The molecule has 0 amide bonds. The summed E-state index contributed by atoms with van der Waals surface area (Å²) in [7, 11) is 0. The van der Waals surface area contributed by atoms with Gasteiger partial charge in [-0.1, -0.05) is 45.0 Å². The molecule has 0 atom stereocenters. The lowest BCUT2D eigenvalue weighted by Gasteiger charge is -2.08. The van der Waals surface area contributed by atoms with Gasteiger partial charge >= 0.3 is 0 Å². The van der Waals surface area contributed by atoms with Crippen LogP contribution in [0.4, 0.5) is 0 Å². The quantitative estimate of drug-likeness (QED) is 0.824. The van der Waals surface area contributed by atoms with Gasteiger partial charge in [0.25, 0.3) is 0 Å². The zero-order valence-electron chi connectivity index (χ0n) is 11.4. The van der Waals surface area contributed by atoms with E-state index < -0.39 is 0 Å². The first-order valence-electron chi connectivity index (χ1n) is 6.58. The molecular weight excluding hydrogens is 238 g/mol. The van der Waals surface area contributed by atoms with Crippen molar-refractivity contribution in [2.75, 3.05) is 6.54 Å². The van der Waals surface area contributed by atoms with Crippen molar-refractivity contribution in [2.45, 2.75) is 33.2 Å². The van der Waals surface area contributed by atoms with Crippen LogP contribution in [0, 0.1) is 0 Å². The second kappa shape index (κ2) is 6.17. The maximum Gasteiger partial charge on any atom is 0.0219 e. The van der Waals surface area contributed by atoms with Crippen LogP contribution < -0.4 is 5.32 Å². The van der Waals surface area contributed by atoms with Gasteiger partial charge in [-0.25, -0.2) is 0 Å². The Hall–Kier alpha value is -1.12. The molecule has 2 rings (SSSR count). The molecule has 0 saturated heterocycles. The van der Waals surface area contributed by atoms with Crippen molar-refractivity contribution in [3.8, 4) is 11.1 Å². The number of hydrogen-bond acceptors (Lipinski definition) is 2. The predicted molar refractivity (Wildman–Crippen MR) is 81.2 cm³/mol. The van der Waals surface area contributed by atoms with Gasteiger partial charge in [0.2, 0.25) is 0 Å². The van der Waals surface area contributed by atoms with Crippen LogP contribution in [0.3, 0.4) is 0 Å². The number of nitrogens with one attached hydrogen (secondary N) is 1. The Morgan fingerprint density at radius 1 is 1.11 bits per heavy atom. The molecule has 0 spiro atoms. The largest absolute Gasteiger partial charge is 0.313 e. The zero-order chi connectivity index (χ0) is 13.0. The van der Waals surface area contributed by atoms with Crippen molar-refractivity contribution < 1.29 is 0 Å². The van der Waals surface area contributed by atoms with Gasteiger partial charge in [0.15, 0.2) is 0 Å². The zero-order valence-corrected chi connectivity index (χ0v) is 12.2. The fraction of sp³-hybridized carbons (Fsp3) is 0.375. The van der Waals surface area contributed by atoms with Gasteiger partial charge in [0.05, 0.1) is 0 Å². The Kier molecular flexibility index (Phi) is 4.56. The van der Waals surface area contributed by atoms with Crippen LogP contribution in [-0.4, -0.2) is 6.54 Å². The molecule has 96 valence electrons. The monoisotopic (exact) mass is 259 g/mol. The summed E-state index contributed by atoms with van der Waals surface area (Å²) >= 11 is 1.78. The minimum Gasteiger partial charge on any atom is -0.313 e. The molecule has 0 unspecified atom stereocenters. The van der Waals surface area contributed by atoms with E-state index in [1.54, 1.807) is 11.3 Å². The molecule has 1 heterocycles. The standard InChI is InChI=1S/C16H21NS/c1-4-17-9-15-10-18-11-16(15)14-7-5-13(6-8-14)12(2)3/h5-8,10-12,17H,4,9H2,1-3H3. The molecule has 2 aromatic rings. The van der Waals surface area contributed by atoms with Gasteiger partial charge in [-0.15, -0.1) is 0 Å². The third-order valence-corrected chi connectivity index (χ3v) is 3.99. The fourth-order valence-electron chi connectivity index (χ4n) is 2.02. The summed E-state index contributed by atoms with van der Waals surface area (Å²) in [5.41, 5.74) is 5.51. The molecule has 0 aliphatic carbocycles. The molecule has 1 nitrogen and oxygen atoms in total. The first kappa shape index (κ1) is 13.3. The Bertz CT molecular complexity index is 482. The molecule has 1 N–H and O–H groups in total. The highest BCUT2D eigenvalue weighted by Crippen LogP contribution is 2.28. The molecule has 1 aromatic heterocycles. The minimum atomic E-state index is 0.600. The highest BCUT2D eigenvalue weighted by atomic mass is 32.1. The molecule has 2 heteroatoms. The van der Waals surface area contributed by atoms with Gasteiger partial charge in [0.1, 0.15) is 0 Å². The highest BCUT2D eigenvalue weighted by molar-refractivity contribution is 7.08. The Balaban J connectivity index is 2.23. The maximum absolute atomic E-state index is 3.40. The van der Waals surface area contributed by atoms with Crippen molar-refractivity contribution in [1.29, 1.82) is 0 Å². The van der Waals surface area contributed by atoms with Crippen LogP contribution in [0.5, 0.6) is 0 Å². The summed E-state index contributed by atoms with van der Waals surface area (Å²) in [6.07, 6.45) is 0. The van der Waals surface area contributed by atoms with Gasteiger partial charge in [-0.3, -0.25) is 0 Å². The van der Waals surface area contributed by atoms with Crippen molar-refractivity contribution in [1.82, 2.24) is 5.32 Å². The molecule has 1 aromatic carbocycles. The number of rotatable bonds is 5. The highest BCUT2D eigenvalue weighted by Gasteiger charge is 2.06. The Labute approximate surface area is 114 Å². The fourth-order valence-corrected chi connectivity index (χ4v) is 2.89. The van der Waals surface area contributed by atoms with E-state index >= 15 is 0 Å². The number of thiophene rings is 1. The topological polar surface area (TPSA) is 12.0 Å². The van der Waals surface area contributed by atoms with Crippen LogP contribution >= 0.6 is 11.3 Å². The maximum atomic E-state index is 3.40. The smallest absolute Gasteiger partial charge is 0.0219 e. The average Bonchev–Trinajstić information content (AvgIpc) is 2.84. The van der Waals surface area contributed by atoms with Crippen molar-refractivity contribution in [2.24, 2.45) is 0 Å². The molecular formula is C16H21NS. The van der Waals surface area contributed by atoms with E-state index in [0.29, 0.717) is 5.92 Å². The van der Waals surface area contributed by atoms with Crippen molar-refractivity contribution in [3.63, 3.8) is 0 Å². The molecule has 0 bridgehead atoms. The van der Waals surface area contributed by atoms with Crippen LogP contribution in [0.15, 0.2) is 35.0 Å². The summed E-state index contributed by atoms with van der Waals surface area (Å²) < 4.78 is 0. The first-order chi connectivity index (χ1) is 8.72. The van der Waals surface area contributed by atoms with Crippen LogP contribution in [0.1, 0.15) is 37.8 Å². The van der Waals surface area contributed by atoms with Crippen LogP contribution in [0.2, 0.25) is 0 Å². The first-order valence-corrected chi connectivity index (χ1v) is 7.52. The lowest BCUT2D eigenvalue weighted by atomic mass is 9.98. The second-order valence-electron chi connectivity index (χ2n) is 4.87. The SMILES string of the molecule is CCNCc1cscc1-c1ccc(C(C)C)cc1. The normalized spacial score (nSPS) is 11.1.